The largest absolute Gasteiger partial charge is 0.463 e. The smallest absolute Gasteiger partial charge is 0.260 e. The van der Waals surface area contributed by atoms with Crippen LogP contribution in [0.4, 0.5) is 0 Å². The summed E-state index contributed by atoms with van der Waals surface area (Å²) in [6, 6.07) is 29.8. The van der Waals surface area contributed by atoms with Gasteiger partial charge in [-0.2, -0.15) is 0 Å². The fourth-order valence-corrected chi connectivity index (χ4v) is 5.66. The van der Waals surface area contributed by atoms with E-state index in [0.29, 0.717) is 0 Å². The van der Waals surface area contributed by atoms with E-state index < -0.39 is 0 Å². The van der Waals surface area contributed by atoms with Crippen LogP contribution < -0.4 is 20.4 Å². The van der Waals surface area contributed by atoms with Gasteiger partial charge in [0.05, 0.1) is 22.5 Å². The maximum absolute atomic E-state index is 6.54. The predicted octanol–water partition coefficient (Wildman–Crippen LogP) is 6.67. The summed E-state index contributed by atoms with van der Waals surface area (Å²) in [5.41, 5.74) is 6.86. The molecule has 3 heterocycles. The first kappa shape index (κ1) is 20.2. The molecule has 4 heteroatoms. The van der Waals surface area contributed by atoms with E-state index in [4.69, 9.17) is 9.47 Å². The molecule has 0 radical (unpaired) electrons. The van der Waals surface area contributed by atoms with Crippen LogP contribution >= 0.6 is 0 Å². The quantitative estimate of drug-likeness (QED) is 0.285. The molecule has 0 unspecified atom stereocenters. The molecule has 168 valence electrons. The van der Waals surface area contributed by atoms with Crippen LogP contribution in [0.25, 0.3) is 27.5 Å². The number of allylic oxidation sites excluding steroid dienone is 4. The second-order valence-electron chi connectivity index (χ2n) is 9.22. The summed E-state index contributed by atoms with van der Waals surface area (Å²) < 4.78 is 15.4. The molecule has 2 aliphatic rings. The van der Waals surface area contributed by atoms with Gasteiger partial charge in [-0.05, 0) is 42.5 Å². The zero-order valence-electron chi connectivity index (χ0n) is 19.8. The Morgan fingerprint density at radius 3 is 2.11 bits per heavy atom. The van der Waals surface area contributed by atoms with Crippen molar-refractivity contribution in [1.29, 1.82) is 0 Å². The highest BCUT2D eigenvalue weighted by Gasteiger charge is 2.40. The molecule has 0 amide bonds. The Kier molecular flexibility index (Phi) is 4.43. The van der Waals surface area contributed by atoms with Crippen molar-refractivity contribution in [3.8, 4) is 22.9 Å². The van der Waals surface area contributed by atoms with Crippen molar-refractivity contribution in [2.75, 3.05) is 0 Å². The van der Waals surface area contributed by atoms with Crippen LogP contribution in [-0.2, 0) is 0 Å². The maximum atomic E-state index is 6.54. The fraction of sp³-hybridized carbons (Fsp3) is 0.0968. The molecule has 0 bridgehead atoms. The van der Waals surface area contributed by atoms with E-state index in [0.717, 1.165) is 40.6 Å². The summed E-state index contributed by atoms with van der Waals surface area (Å²) in [5, 5.41) is 2.48. The highest BCUT2D eigenvalue weighted by atomic mass is 16.5. The van der Waals surface area contributed by atoms with Crippen LogP contribution in [0.1, 0.15) is 20.3 Å². The number of rotatable bonds is 3. The van der Waals surface area contributed by atoms with Gasteiger partial charge < -0.3 is 14.0 Å². The highest BCUT2D eigenvalue weighted by molar-refractivity contribution is 6.93. The highest BCUT2D eigenvalue weighted by Crippen LogP contribution is 2.39. The Morgan fingerprint density at radius 2 is 1.40 bits per heavy atom. The number of aromatic nitrogens is 1. The lowest BCUT2D eigenvalue weighted by Gasteiger charge is -2.33. The summed E-state index contributed by atoms with van der Waals surface area (Å²) in [4.78, 5) is 0. The van der Waals surface area contributed by atoms with Gasteiger partial charge in [-0.3, -0.25) is 0 Å². The van der Waals surface area contributed by atoms with Gasteiger partial charge in [0.2, 0.25) is 0 Å². The molecule has 5 aromatic rings. The first-order valence-corrected chi connectivity index (χ1v) is 12.2. The van der Waals surface area contributed by atoms with Gasteiger partial charge >= 0.3 is 0 Å². The summed E-state index contributed by atoms with van der Waals surface area (Å²) in [6.45, 7) is 4.32. The van der Waals surface area contributed by atoms with Crippen LogP contribution in [0.5, 0.6) is 17.2 Å². The molecular weight excluding hydrogens is 429 g/mol. The number of benzene rings is 4. The molecule has 0 saturated carbocycles. The first-order chi connectivity index (χ1) is 17.2. The van der Waals surface area contributed by atoms with Crippen molar-refractivity contribution < 1.29 is 9.47 Å². The number of nitrogens with zero attached hydrogens (tertiary/aromatic N) is 1. The molecule has 2 aliphatic heterocycles. The third kappa shape index (κ3) is 2.93. The third-order valence-corrected chi connectivity index (χ3v) is 7.18. The molecule has 35 heavy (non-hydrogen) atoms. The van der Waals surface area contributed by atoms with Crippen molar-refractivity contribution in [1.82, 2.24) is 4.57 Å². The molecule has 3 nitrogen and oxygen atoms in total. The minimum Gasteiger partial charge on any atom is -0.463 e. The van der Waals surface area contributed by atoms with Crippen molar-refractivity contribution >= 4 is 39.4 Å². The average Bonchev–Trinajstić information content (AvgIpc) is 3.22. The normalized spacial score (nSPS) is 14.3. The van der Waals surface area contributed by atoms with Crippen LogP contribution in [0.15, 0.2) is 108 Å². The summed E-state index contributed by atoms with van der Waals surface area (Å²) in [7, 11) is 0. The van der Waals surface area contributed by atoms with Gasteiger partial charge in [-0.15, -0.1) is 0 Å². The summed E-state index contributed by atoms with van der Waals surface area (Å²) >= 11 is 0. The molecule has 1 aromatic heterocycles. The van der Waals surface area contributed by atoms with E-state index in [1.54, 1.807) is 0 Å². The van der Waals surface area contributed by atoms with Crippen molar-refractivity contribution in [3.05, 3.63) is 108 Å². The monoisotopic (exact) mass is 453 g/mol. The van der Waals surface area contributed by atoms with Crippen molar-refractivity contribution in [3.63, 3.8) is 0 Å². The molecule has 0 saturated heterocycles. The van der Waals surface area contributed by atoms with E-state index in [2.05, 4.69) is 109 Å². The number of hydrogen-bond donors (Lipinski definition) is 0. The predicted molar refractivity (Wildman–Crippen MR) is 145 cm³/mol. The molecule has 0 atom stereocenters. The van der Waals surface area contributed by atoms with E-state index in [9.17, 15) is 0 Å². The Hall–Kier alpha value is -4.18. The standard InChI is InChI=1S/C31H24BNO2/c1-3-4-13-24-20(2)34-29-18-21(19-30-31(29)32(24)25-14-7-10-17-28(25)35-30)33-26-15-8-5-11-22(26)23-12-6-9-16-27(23)33/h4-19H,3H2,1-2H3/b13-4-. The minimum absolute atomic E-state index is 0.0914. The van der Waals surface area contributed by atoms with E-state index in [1.165, 1.54) is 32.7 Å². The number of para-hydroxylation sites is 3. The van der Waals surface area contributed by atoms with Crippen LogP contribution in [0, 0.1) is 0 Å². The van der Waals surface area contributed by atoms with E-state index in [-0.39, 0.29) is 6.71 Å². The van der Waals surface area contributed by atoms with E-state index in [1.807, 2.05) is 6.07 Å². The van der Waals surface area contributed by atoms with Gasteiger partial charge in [0, 0.05) is 28.4 Å². The molecule has 7 rings (SSSR count). The molecule has 4 aromatic carbocycles. The minimum atomic E-state index is 0.0914. The zero-order valence-corrected chi connectivity index (χ0v) is 19.8. The van der Waals surface area contributed by atoms with Gasteiger partial charge in [0.1, 0.15) is 17.2 Å². The van der Waals surface area contributed by atoms with Gasteiger partial charge in [0.15, 0.2) is 0 Å². The van der Waals surface area contributed by atoms with Gasteiger partial charge in [-0.25, -0.2) is 0 Å². The molecule has 0 spiro atoms. The maximum Gasteiger partial charge on any atom is 0.260 e. The zero-order chi connectivity index (χ0) is 23.5. The first-order valence-electron chi connectivity index (χ1n) is 12.2. The average molecular weight is 453 g/mol. The lowest BCUT2D eigenvalue weighted by atomic mass is 9.34. The lowest BCUT2D eigenvalue weighted by Crippen LogP contribution is -2.50. The number of fused-ring (bicyclic) bond motifs is 5. The summed E-state index contributed by atoms with van der Waals surface area (Å²) in [6.07, 6.45) is 5.40. The van der Waals surface area contributed by atoms with Crippen LogP contribution in [0.2, 0.25) is 0 Å². The van der Waals surface area contributed by atoms with Crippen molar-refractivity contribution in [2.45, 2.75) is 20.3 Å². The third-order valence-electron chi connectivity index (χ3n) is 7.18. The Bertz CT molecular complexity index is 1660. The fourth-order valence-electron chi connectivity index (χ4n) is 5.66. The second-order valence-corrected chi connectivity index (χ2v) is 9.22. The van der Waals surface area contributed by atoms with Crippen LogP contribution in [0.3, 0.4) is 0 Å². The second kappa shape index (κ2) is 7.67. The molecule has 0 fully saturated rings. The SMILES string of the molecule is CC/C=C\C1=C(C)Oc2cc(-n3c4ccccc4c4ccccc43)cc3c2B1c1ccccc1O3. The topological polar surface area (TPSA) is 23.4 Å². The van der Waals surface area contributed by atoms with Crippen LogP contribution in [-0.4, -0.2) is 11.3 Å². The Labute approximate surface area is 205 Å². The Balaban J connectivity index is 1.52. The van der Waals surface area contributed by atoms with E-state index >= 15 is 0 Å². The van der Waals surface area contributed by atoms with Gasteiger partial charge in [0.25, 0.3) is 6.71 Å². The number of ether oxygens (including phenoxy) is 2. The molecule has 0 N–H and O–H groups in total. The molecular formula is C31H24BNO2. The number of hydrogen-bond acceptors (Lipinski definition) is 2. The van der Waals surface area contributed by atoms with Gasteiger partial charge in [-0.1, -0.05) is 73.7 Å². The van der Waals surface area contributed by atoms with Crippen molar-refractivity contribution in [2.24, 2.45) is 0 Å². The summed E-state index contributed by atoms with van der Waals surface area (Å²) in [5.74, 6) is 3.57. The molecule has 0 aliphatic carbocycles. The lowest BCUT2D eigenvalue weighted by molar-refractivity contribution is 0.419. The Morgan fingerprint density at radius 1 is 0.771 bits per heavy atom.